The Kier molecular flexibility index (Phi) is 2.87. The van der Waals surface area contributed by atoms with Gasteiger partial charge in [0.2, 0.25) is 5.95 Å². The second-order valence-corrected chi connectivity index (χ2v) is 2.59. The number of aliphatic hydroxyl groups excluding tert-OH is 1. The predicted octanol–water partition coefficient (Wildman–Crippen LogP) is 1.96. The number of aryl methyl sites for hydroxylation is 1. The molecule has 1 aromatic heterocycles. The minimum absolute atomic E-state index is 0.0550. The van der Waals surface area contributed by atoms with Crippen molar-refractivity contribution in [2.75, 3.05) is 0 Å². The highest BCUT2D eigenvalue weighted by atomic mass is 19.3. The topological polar surface area (TPSA) is 33.1 Å². The van der Waals surface area contributed by atoms with Gasteiger partial charge in [-0.25, -0.2) is 13.8 Å². The van der Waals surface area contributed by atoms with Gasteiger partial charge in [0.25, 0.3) is 6.43 Å². The van der Waals surface area contributed by atoms with Crippen LogP contribution in [0, 0.1) is 12.9 Å². The van der Waals surface area contributed by atoms with Crippen molar-refractivity contribution in [1.29, 1.82) is 0 Å². The Balaban J connectivity index is 3.23. The second kappa shape index (κ2) is 3.74. The summed E-state index contributed by atoms with van der Waals surface area (Å²) in [4.78, 5) is 3.18. The van der Waals surface area contributed by atoms with E-state index in [0.29, 0.717) is 0 Å². The molecule has 0 saturated carbocycles. The maximum Gasteiger partial charge on any atom is 0.268 e. The number of pyridine rings is 1. The molecule has 1 aromatic rings. The molecule has 0 spiro atoms. The molecule has 0 aliphatic heterocycles. The summed E-state index contributed by atoms with van der Waals surface area (Å²) in [5.41, 5.74) is -0.539. The molecule has 0 radical (unpaired) electrons. The molecule has 1 rings (SSSR count). The van der Waals surface area contributed by atoms with E-state index in [1.807, 2.05) is 0 Å². The number of alkyl halides is 2. The van der Waals surface area contributed by atoms with Crippen LogP contribution in [0.4, 0.5) is 13.2 Å². The molecule has 13 heavy (non-hydrogen) atoms. The van der Waals surface area contributed by atoms with Gasteiger partial charge in [-0.3, -0.25) is 0 Å². The van der Waals surface area contributed by atoms with Crippen LogP contribution in [0.5, 0.6) is 0 Å². The average molecular weight is 191 g/mol. The predicted molar refractivity (Wildman–Crippen MR) is 39.8 cm³/mol. The van der Waals surface area contributed by atoms with Crippen molar-refractivity contribution in [3.63, 3.8) is 0 Å². The summed E-state index contributed by atoms with van der Waals surface area (Å²) in [6, 6.07) is 1.24. The van der Waals surface area contributed by atoms with Gasteiger partial charge in [-0.1, -0.05) is 0 Å². The van der Waals surface area contributed by atoms with E-state index in [2.05, 4.69) is 4.98 Å². The third kappa shape index (κ3) is 1.98. The first-order valence-electron chi connectivity index (χ1n) is 3.61. The fourth-order valence-electron chi connectivity index (χ4n) is 1.05. The lowest BCUT2D eigenvalue weighted by molar-refractivity contribution is 0.144. The van der Waals surface area contributed by atoms with Crippen LogP contribution >= 0.6 is 0 Å². The van der Waals surface area contributed by atoms with E-state index in [1.165, 1.54) is 13.0 Å². The van der Waals surface area contributed by atoms with E-state index in [-0.39, 0.29) is 11.3 Å². The van der Waals surface area contributed by atoms with Gasteiger partial charge in [0.15, 0.2) is 0 Å². The minimum Gasteiger partial charge on any atom is -0.390 e. The molecule has 0 amide bonds. The van der Waals surface area contributed by atoms with E-state index in [0.717, 1.165) is 0 Å². The molecule has 0 aliphatic rings. The lowest BCUT2D eigenvalue weighted by Crippen LogP contribution is -2.02. The van der Waals surface area contributed by atoms with Gasteiger partial charge in [-0.15, -0.1) is 0 Å². The standard InChI is InChI=1S/C8H8F3NO/c1-4-2-5(3-13)12-8(11)6(4)7(9)10/h2,7,13H,3H2,1H3. The molecular formula is C8H8F3NO. The van der Waals surface area contributed by atoms with E-state index < -0.39 is 24.5 Å². The van der Waals surface area contributed by atoms with E-state index in [1.54, 1.807) is 0 Å². The van der Waals surface area contributed by atoms with Crippen molar-refractivity contribution >= 4 is 0 Å². The smallest absolute Gasteiger partial charge is 0.268 e. The Bertz CT molecular complexity index is 291. The Morgan fingerprint density at radius 2 is 2.15 bits per heavy atom. The Hall–Kier alpha value is -1.10. The van der Waals surface area contributed by atoms with Crippen LogP contribution < -0.4 is 0 Å². The van der Waals surface area contributed by atoms with Gasteiger partial charge < -0.3 is 5.11 Å². The molecule has 1 heterocycles. The highest BCUT2D eigenvalue weighted by Gasteiger charge is 2.18. The molecule has 0 unspecified atom stereocenters. The van der Waals surface area contributed by atoms with E-state index >= 15 is 0 Å². The first kappa shape index (κ1) is 9.98. The van der Waals surface area contributed by atoms with Crippen LogP contribution in [0.1, 0.15) is 23.2 Å². The molecule has 0 aliphatic carbocycles. The Labute approximate surface area is 73.0 Å². The first-order chi connectivity index (χ1) is 6.06. The van der Waals surface area contributed by atoms with Gasteiger partial charge in [0.1, 0.15) is 0 Å². The number of nitrogens with zero attached hydrogens (tertiary/aromatic N) is 1. The monoisotopic (exact) mass is 191 g/mol. The number of hydrogen-bond acceptors (Lipinski definition) is 2. The average Bonchev–Trinajstić information content (AvgIpc) is 2.02. The van der Waals surface area contributed by atoms with Gasteiger partial charge in [-0.05, 0) is 18.6 Å². The quantitative estimate of drug-likeness (QED) is 0.725. The Morgan fingerprint density at radius 1 is 1.54 bits per heavy atom. The van der Waals surface area contributed by atoms with Crippen LogP contribution in [0.3, 0.4) is 0 Å². The third-order valence-corrected chi connectivity index (χ3v) is 1.65. The maximum atomic E-state index is 12.8. The van der Waals surface area contributed by atoms with Crippen LogP contribution in [0.15, 0.2) is 6.07 Å². The van der Waals surface area contributed by atoms with Crippen molar-refractivity contribution < 1.29 is 18.3 Å². The molecule has 0 saturated heterocycles. The van der Waals surface area contributed by atoms with Gasteiger partial charge in [-0.2, -0.15) is 4.39 Å². The van der Waals surface area contributed by atoms with Crippen LogP contribution in [-0.4, -0.2) is 10.1 Å². The van der Waals surface area contributed by atoms with Crippen LogP contribution in [0.25, 0.3) is 0 Å². The SMILES string of the molecule is Cc1cc(CO)nc(F)c1C(F)F. The molecule has 0 atom stereocenters. The highest BCUT2D eigenvalue weighted by Crippen LogP contribution is 2.24. The van der Waals surface area contributed by atoms with Crippen molar-refractivity contribution in [2.45, 2.75) is 20.0 Å². The summed E-state index contributed by atoms with van der Waals surface area (Å²) < 4.78 is 37.2. The maximum absolute atomic E-state index is 12.8. The van der Waals surface area contributed by atoms with Crippen molar-refractivity contribution in [3.8, 4) is 0 Å². The Morgan fingerprint density at radius 3 is 2.54 bits per heavy atom. The molecular weight excluding hydrogens is 183 g/mol. The fraction of sp³-hybridized carbons (Fsp3) is 0.375. The molecule has 1 N–H and O–H groups in total. The van der Waals surface area contributed by atoms with Crippen LogP contribution in [0.2, 0.25) is 0 Å². The molecule has 0 bridgehead atoms. The highest BCUT2D eigenvalue weighted by molar-refractivity contribution is 5.27. The summed E-state index contributed by atoms with van der Waals surface area (Å²) in [5, 5.41) is 8.60. The molecule has 2 nitrogen and oxygen atoms in total. The van der Waals surface area contributed by atoms with Crippen molar-refractivity contribution in [3.05, 3.63) is 28.8 Å². The van der Waals surface area contributed by atoms with Crippen molar-refractivity contribution in [2.24, 2.45) is 0 Å². The lowest BCUT2D eigenvalue weighted by Gasteiger charge is -2.06. The van der Waals surface area contributed by atoms with E-state index in [4.69, 9.17) is 5.11 Å². The van der Waals surface area contributed by atoms with Gasteiger partial charge in [0.05, 0.1) is 17.9 Å². The summed E-state index contributed by atoms with van der Waals surface area (Å²) in [7, 11) is 0. The van der Waals surface area contributed by atoms with Gasteiger partial charge in [0, 0.05) is 0 Å². The zero-order valence-corrected chi connectivity index (χ0v) is 6.89. The minimum atomic E-state index is -2.87. The largest absolute Gasteiger partial charge is 0.390 e. The normalized spacial score (nSPS) is 10.9. The number of aliphatic hydroxyl groups is 1. The molecule has 0 aromatic carbocycles. The van der Waals surface area contributed by atoms with E-state index in [9.17, 15) is 13.2 Å². The van der Waals surface area contributed by atoms with Crippen LogP contribution in [-0.2, 0) is 6.61 Å². The second-order valence-electron chi connectivity index (χ2n) is 2.59. The van der Waals surface area contributed by atoms with Crippen molar-refractivity contribution in [1.82, 2.24) is 4.98 Å². The molecule has 0 fully saturated rings. The zero-order valence-electron chi connectivity index (χ0n) is 6.89. The van der Waals surface area contributed by atoms with Gasteiger partial charge >= 0.3 is 0 Å². The number of aromatic nitrogens is 1. The third-order valence-electron chi connectivity index (χ3n) is 1.65. The lowest BCUT2D eigenvalue weighted by atomic mass is 10.1. The number of rotatable bonds is 2. The summed E-state index contributed by atoms with van der Waals surface area (Å²) in [6.45, 7) is 0.896. The molecule has 5 heteroatoms. The summed E-state index contributed by atoms with van der Waals surface area (Å²) in [6.07, 6.45) is -2.87. The zero-order chi connectivity index (χ0) is 10.0. The number of halogens is 3. The number of hydrogen-bond donors (Lipinski definition) is 1. The summed E-state index contributed by atoms with van der Waals surface area (Å²) >= 11 is 0. The first-order valence-corrected chi connectivity index (χ1v) is 3.61. The summed E-state index contributed by atoms with van der Waals surface area (Å²) in [5.74, 6) is -1.21. The molecule has 72 valence electrons. The fourth-order valence-corrected chi connectivity index (χ4v) is 1.05.